The summed E-state index contributed by atoms with van der Waals surface area (Å²) >= 11 is 0. The van der Waals surface area contributed by atoms with Crippen LogP contribution in [-0.4, -0.2) is 42.6 Å². The van der Waals surface area contributed by atoms with E-state index in [1.54, 1.807) is 0 Å². The maximum absolute atomic E-state index is 11.5. The molecular weight excluding hydrogens is 218 g/mol. The van der Waals surface area contributed by atoms with Gasteiger partial charge in [-0.1, -0.05) is 6.42 Å². The molecule has 6 heteroatoms. The molecule has 1 saturated heterocycles. The van der Waals surface area contributed by atoms with E-state index in [0.29, 0.717) is 25.8 Å². The molecule has 2 aliphatic rings. The summed E-state index contributed by atoms with van der Waals surface area (Å²) in [5.74, 6) is -0.837. The predicted octanol–water partition coefficient (Wildman–Crippen LogP) is 0.275. The Hall–Kier alpha value is -0.620. The van der Waals surface area contributed by atoms with Gasteiger partial charge in [0.05, 0.1) is 11.7 Å². The Balaban J connectivity index is 2.36. The zero-order chi connectivity index (χ0) is 11.3. The minimum absolute atomic E-state index is 0.315. The molecule has 0 amide bonds. The molecule has 1 N–H and O–H groups in total. The summed E-state index contributed by atoms with van der Waals surface area (Å²) in [4.78, 5) is 11.3. The lowest BCUT2D eigenvalue weighted by Gasteiger charge is -2.27. The monoisotopic (exact) mass is 233 g/mol. The minimum Gasteiger partial charge on any atom is -0.481 e. The van der Waals surface area contributed by atoms with Gasteiger partial charge in [0.2, 0.25) is 10.0 Å². The van der Waals surface area contributed by atoms with Gasteiger partial charge in [0.25, 0.3) is 0 Å². The molecule has 0 aromatic heterocycles. The van der Waals surface area contributed by atoms with Crippen LogP contribution in [0.25, 0.3) is 0 Å². The second-order valence-corrected chi connectivity index (χ2v) is 6.43. The third kappa shape index (κ3) is 1.47. The van der Waals surface area contributed by atoms with Crippen LogP contribution in [0.15, 0.2) is 0 Å². The summed E-state index contributed by atoms with van der Waals surface area (Å²) in [6.07, 6.45) is 3.71. The number of rotatable bonds is 2. The highest BCUT2D eigenvalue weighted by Crippen LogP contribution is 2.49. The summed E-state index contributed by atoms with van der Waals surface area (Å²) in [7, 11) is -3.26. The Morgan fingerprint density at radius 3 is 2.67 bits per heavy atom. The summed E-state index contributed by atoms with van der Waals surface area (Å²) in [5.41, 5.74) is -0.802. The number of nitrogens with zero attached hydrogens (tertiary/aromatic N) is 1. The summed E-state index contributed by atoms with van der Waals surface area (Å²) < 4.78 is 24.3. The second-order valence-electron chi connectivity index (χ2n) is 4.49. The third-order valence-corrected chi connectivity index (χ3v) is 5.01. The number of hydrogen-bond donors (Lipinski definition) is 1. The van der Waals surface area contributed by atoms with E-state index in [0.717, 1.165) is 12.7 Å². The number of sulfonamides is 1. The van der Waals surface area contributed by atoms with E-state index in [1.165, 1.54) is 4.31 Å². The molecule has 2 fully saturated rings. The highest BCUT2D eigenvalue weighted by atomic mass is 32.2. The average molecular weight is 233 g/mol. The highest BCUT2D eigenvalue weighted by Gasteiger charge is 2.57. The van der Waals surface area contributed by atoms with Crippen molar-refractivity contribution in [1.82, 2.24) is 4.31 Å². The van der Waals surface area contributed by atoms with Crippen molar-refractivity contribution in [2.45, 2.75) is 31.7 Å². The molecule has 86 valence electrons. The van der Waals surface area contributed by atoms with Crippen LogP contribution in [0.1, 0.15) is 25.7 Å². The van der Waals surface area contributed by atoms with E-state index in [1.807, 2.05) is 0 Å². The predicted molar refractivity (Wildman–Crippen MR) is 53.9 cm³/mol. The average Bonchev–Trinajstić information content (AvgIpc) is 2.55. The first kappa shape index (κ1) is 10.9. The van der Waals surface area contributed by atoms with Gasteiger partial charge in [-0.3, -0.25) is 4.79 Å². The van der Waals surface area contributed by atoms with Gasteiger partial charge in [-0.25, -0.2) is 8.42 Å². The van der Waals surface area contributed by atoms with Crippen molar-refractivity contribution in [1.29, 1.82) is 0 Å². The van der Waals surface area contributed by atoms with Crippen LogP contribution < -0.4 is 0 Å². The molecule has 0 bridgehead atoms. The first-order chi connectivity index (χ1) is 6.88. The molecule has 0 radical (unpaired) electrons. The first-order valence-electron chi connectivity index (χ1n) is 5.08. The molecular formula is C9H15NO4S. The third-order valence-electron chi connectivity index (χ3n) is 3.72. The van der Waals surface area contributed by atoms with Gasteiger partial charge in [0.1, 0.15) is 0 Å². The van der Waals surface area contributed by atoms with Crippen LogP contribution in [0.4, 0.5) is 0 Å². The van der Waals surface area contributed by atoms with Crippen molar-refractivity contribution in [2.75, 3.05) is 12.8 Å². The Morgan fingerprint density at radius 1 is 1.47 bits per heavy atom. The second kappa shape index (κ2) is 3.18. The number of aliphatic carboxylic acids is 1. The Bertz CT molecular complexity index is 391. The molecule has 15 heavy (non-hydrogen) atoms. The van der Waals surface area contributed by atoms with Crippen LogP contribution in [0, 0.1) is 5.41 Å². The zero-order valence-electron chi connectivity index (χ0n) is 8.64. The smallest absolute Gasteiger partial charge is 0.311 e. The summed E-state index contributed by atoms with van der Waals surface area (Å²) in [5, 5.41) is 9.24. The van der Waals surface area contributed by atoms with Crippen molar-refractivity contribution in [3.63, 3.8) is 0 Å². The Kier molecular flexibility index (Phi) is 2.31. The van der Waals surface area contributed by atoms with Crippen LogP contribution >= 0.6 is 0 Å². The van der Waals surface area contributed by atoms with Gasteiger partial charge in [-0.2, -0.15) is 4.31 Å². The molecule has 5 nitrogen and oxygen atoms in total. The van der Waals surface area contributed by atoms with Crippen molar-refractivity contribution in [2.24, 2.45) is 5.41 Å². The molecule has 0 aromatic carbocycles. The SMILES string of the molecule is CS(=O)(=O)N1CC[C@]2(C(=O)O)CCC[C@H]12. The van der Waals surface area contributed by atoms with Gasteiger partial charge < -0.3 is 5.11 Å². The van der Waals surface area contributed by atoms with Crippen LogP contribution in [0.3, 0.4) is 0 Å². The van der Waals surface area contributed by atoms with Gasteiger partial charge >= 0.3 is 5.97 Å². The number of carboxylic acid groups (broad SMARTS) is 1. The highest BCUT2D eigenvalue weighted by molar-refractivity contribution is 7.88. The molecule has 1 aliphatic heterocycles. The van der Waals surface area contributed by atoms with E-state index in [2.05, 4.69) is 0 Å². The molecule has 1 heterocycles. The number of carboxylic acids is 1. The molecule has 0 unspecified atom stereocenters. The van der Waals surface area contributed by atoms with E-state index < -0.39 is 21.4 Å². The van der Waals surface area contributed by atoms with Crippen LogP contribution in [0.5, 0.6) is 0 Å². The molecule has 1 saturated carbocycles. The first-order valence-corrected chi connectivity index (χ1v) is 6.93. The van der Waals surface area contributed by atoms with Crippen LogP contribution in [-0.2, 0) is 14.8 Å². The largest absolute Gasteiger partial charge is 0.481 e. The van der Waals surface area contributed by atoms with Crippen molar-refractivity contribution >= 4 is 16.0 Å². The van der Waals surface area contributed by atoms with E-state index >= 15 is 0 Å². The lowest BCUT2D eigenvalue weighted by Crippen LogP contribution is -2.42. The number of carbonyl (C=O) groups is 1. The fraction of sp³-hybridized carbons (Fsp3) is 0.889. The van der Waals surface area contributed by atoms with E-state index in [-0.39, 0.29) is 6.04 Å². The summed E-state index contributed by atoms with van der Waals surface area (Å²) in [6, 6.07) is -0.315. The van der Waals surface area contributed by atoms with Crippen molar-refractivity contribution in [3.8, 4) is 0 Å². The molecule has 0 spiro atoms. The maximum Gasteiger partial charge on any atom is 0.311 e. The van der Waals surface area contributed by atoms with Gasteiger partial charge in [0, 0.05) is 12.6 Å². The van der Waals surface area contributed by atoms with Gasteiger partial charge in [-0.05, 0) is 19.3 Å². The maximum atomic E-state index is 11.5. The fourth-order valence-electron chi connectivity index (χ4n) is 2.98. The van der Waals surface area contributed by atoms with Crippen LogP contribution in [0.2, 0.25) is 0 Å². The number of fused-ring (bicyclic) bond motifs is 1. The van der Waals surface area contributed by atoms with Crippen molar-refractivity contribution in [3.05, 3.63) is 0 Å². The summed E-state index contributed by atoms with van der Waals surface area (Å²) in [6.45, 7) is 0.357. The van der Waals surface area contributed by atoms with Crippen molar-refractivity contribution < 1.29 is 18.3 Å². The lowest BCUT2D eigenvalue weighted by atomic mass is 9.83. The van der Waals surface area contributed by atoms with E-state index in [9.17, 15) is 18.3 Å². The molecule has 2 atom stereocenters. The standard InChI is InChI=1S/C9H15NO4S/c1-15(13,14)10-6-5-9(8(11)12)4-2-3-7(9)10/h7H,2-6H2,1H3,(H,11,12)/t7-,9+/m0/s1. The topological polar surface area (TPSA) is 74.7 Å². The van der Waals surface area contributed by atoms with E-state index in [4.69, 9.17) is 0 Å². The zero-order valence-corrected chi connectivity index (χ0v) is 9.46. The van der Waals surface area contributed by atoms with Gasteiger partial charge in [0.15, 0.2) is 0 Å². The Labute approximate surface area is 89.1 Å². The normalized spacial score (nSPS) is 36.7. The minimum atomic E-state index is -3.26. The number of hydrogen-bond acceptors (Lipinski definition) is 3. The molecule has 0 aromatic rings. The van der Waals surface area contributed by atoms with Gasteiger partial charge in [-0.15, -0.1) is 0 Å². The quantitative estimate of drug-likeness (QED) is 0.743. The lowest BCUT2D eigenvalue weighted by molar-refractivity contribution is -0.149. The Morgan fingerprint density at radius 2 is 2.13 bits per heavy atom. The molecule has 2 rings (SSSR count). The fourth-order valence-corrected chi connectivity index (χ4v) is 4.18. The molecule has 1 aliphatic carbocycles.